The molecule has 0 spiro atoms. The van der Waals surface area contributed by atoms with Crippen LogP contribution in [0.1, 0.15) is 17.1 Å². The van der Waals surface area contributed by atoms with E-state index in [-0.39, 0.29) is 0 Å². The summed E-state index contributed by atoms with van der Waals surface area (Å²) in [5.41, 5.74) is 3.12. The second kappa shape index (κ2) is 4.98. The van der Waals surface area contributed by atoms with E-state index in [0.29, 0.717) is 31.9 Å². The maximum absolute atomic E-state index is 15.0. The van der Waals surface area contributed by atoms with Crippen LogP contribution in [-0.2, 0) is 0 Å². The molecule has 0 bridgehead atoms. The SMILES string of the molecule is Cc1cccc(C2=C3C=CC(Br)=[N+]3[B-](F)(F)n3c(Br)ccc32)n1. The average Bonchev–Trinajstić information content (AvgIpc) is 3.05. The Hall–Kier alpha value is -1.54. The van der Waals surface area contributed by atoms with E-state index >= 15 is 8.63 Å². The molecule has 0 aliphatic carbocycles. The zero-order valence-electron chi connectivity index (χ0n) is 12.0. The highest BCUT2D eigenvalue weighted by atomic mass is 79.9. The van der Waals surface area contributed by atoms with Crippen LogP contribution in [0, 0.1) is 6.92 Å². The second-order valence-corrected chi connectivity index (χ2v) is 7.08. The molecule has 0 radical (unpaired) electrons. The van der Waals surface area contributed by atoms with Crippen LogP contribution in [0.4, 0.5) is 8.63 Å². The summed E-state index contributed by atoms with van der Waals surface area (Å²) in [6, 6.07) is 8.95. The Morgan fingerprint density at radius 2 is 1.91 bits per heavy atom. The molecule has 0 unspecified atom stereocenters. The summed E-state index contributed by atoms with van der Waals surface area (Å²) in [5, 5.41) is 0. The van der Waals surface area contributed by atoms with Gasteiger partial charge in [-0.25, -0.2) is 0 Å². The van der Waals surface area contributed by atoms with Crippen molar-refractivity contribution in [1.29, 1.82) is 0 Å². The molecule has 8 heteroatoms. The van der Waals surface area contributed by atoms with Gasteiger partial charge in [0.25, 0.3) is 0 Å². The van der Waals surface area contributed by atoms with Crippen molar-refractivity contribution in [3.63, 3.8) is 0 Å². The molecule has 0 saturated carbocycles. The van der Waals surface area contributed by atoms with Crippen LogP contribution in [0.15, 0.2) is 52.8 Å². The van der Waals surface area contributed by atoms with Crippen molar-refractivity contribution < 1.29 is 13.1 Å². The number of aromatic nitrogens is 2. The zero-order chi connectivity index (χ0) is 16.4. The smallest absolute Gasteiger partial charge is 0.389 e. The van der Waals surface area contributed by atoms with E-state index in [2.05, 4.69) is 36.8 Å². The Morgan fingerprint density at radius 3 is 2.65 bits per heavy atom. The Morgan fingerprint density at radius 1 is 1.13 bits per heavy atom. The first-order chi connectivity index (χ1) is 10.9. The van der Waals surface area contributed by atoms with Crippen molar-refractivity contribution in [3.8, 4) is 0 Å². The molecule has 2 aromatic heterocycles. The van der Waals surface area contributed by atoms with Gasteiger partial charge in [-0.05, 0) is 47.1 Å². The highest BCUT2D eigenvalue weighted by molar-refractivity contribution is 9.18. The van der Waals surface area contributed by atoms with Crippen LogP contribution in [-0.4, -0.2) is 25.5 Å². The predicted octanol–water partition coefficient (Wildman–Crippen LogP) is 4.33. The fourth-order valence-corrected chi connectivity index (χ4v) is 4.22. The Labute approximate surface area is 148 Å². The molecule has 116 valence electrons. The fraction of sp³-hybridized carbons (Fsp3) is 0.0667. The summed E-state index contributed by atoms with van der Waals surface area (Å²) >= 11 is 6.49. The molecule has 3 nitrogen and oxygen atoms in total. The van der Waals surface area contributed by atoms with Gasteiger partial charge in [-0.3, -0.25) is 4.98 Å². The number of halogens is 4. The average molecular weight is 441 g/mol. The standard InChI is InChI=1S/C15H10BBr2F2N3/c1-9-3-2-4-10(21-9)15-11-5-7-13(17)22(11)16(19,20)23-12(15)6-8-14(23)18/h2-8H,1H3. The number of fused-ring (bicyclic) bond motifs is 2. The summed E-state index contributed by atoms with van der Waals surface area (Å²) in [5.74, 6) is 0. The van der Waals surface area contributed by atoms with E-state index in [1.807, 2.05) is 25.1 Å². The molecule has 4 rings (SSSR count). The Balaban J connectivity index is 2.12. The number of pyridine rings is 1. The predicted molar refractivity (Wildman–Crippen MR) is 93.8 cm³/mol. The zero-order valence-corrected chi connectivity index (χ0v) is 15.1. The lowest BCUT2D eigenvalue weighted by Crippen LogP contribution is -2.50. The minimum atomic E-state index is -3.98. The minimum Gasteiger partial charge on any atom is -0.389 e. The molecule has 2 aliphatic heterocycles. The molecule has 2 aromatic rings. The number of hydrogen-bond donors (Lipinski definition) is 0. The lowest BCUT2D eigenvalue weighted by atomic mass is 9.88. The maximum atomic E-state index is 15.0. The molecule has 2 aliphatic rings. The van der Waals surface area contributed by atoms with Crippen molar-refractivity contribution >= 4 is 49.0 Å². The van der Waals surface area contributed by atoms with Crippen molar-refractivity contribution in [1.82, 2.24) is 9.46 Å². The van der Waals surface area contributed by atoms with E-state index in [9.17, 15) is 0 Å². The van der Waals surface area contributed by atoms with Crippen LogP contribution in [0.2, 0.25) is 0 Å². The Bertz CT molecular complexity index is 944. The molecule has 0 fully saturated rings. The second-order valence-electron chi connectivity index (χ2n) is 5.45. The number of allylic oxidation sites excluding steroid dienone is 2. The quantitative estimate of drug-likeness (QED) is 0.605. The normalized spacial score (nSPS) is 18.5. The Kier molecular flexibility index (Phi) is 3.25. The van der Waals surface area contributed by atoms with Crippen molar-refractivity contribution in [3.05, 3.63) is 69.9 Å². The summed E-state index contributed by atoms with van der Waals surface area (Å²) in [6.45, 7) is -2.10. The molecular weight excluding hydrogens is 431 g/mol. The van der Waals surface area contributed by atoms with Crippen LogP contribution in [0.3, 0.4) is 0 Å². The molecule has 0 N–H and O–H groups in total. The first-order valence-corrected chi connectivity index (χ1v) is 8.57. The van der Waals surface area contributed by atoms with Crippen molar-refractivity contribution in [2.75, 3.05) is 0 Å². The van der Waals surface area contributed by atoms with Crippen LogP contribution in [0.5, 0.6) is 0 Å². The fourth-order valence-electron chi connectivity index (χ4n) is 3.08. The maximum Gasteiger partial charge on any atom is 0.738 e. The third-order valence-corrected chi connectivity index (χ3v) is 5.31. The van der Waals surface area contributed by atoms with Gasteiger partial charge in [0.05, 0.1) is 15.9 Å². The van der Waals surface area contributed by atoms with E-state index in [1.54, 1.807) is 24.3 Å². The van der Waals surface area contributed by atoms with E-state index in [4.69, 9.17) is 0 Å². The highest BCUT2D eigenvalue weighted by Crippen LogP contribution is 2.41. The third-order valence-electron chi connectivity index (χ3n) is 4.01. The number of nitrogens with zero attached hydrogens (tertiary/aromatic N) is 3. The van der Waals surface area contributed by atoms with Crippen LogP contribution >= 0.6 is 31.9 Å². The first-order valence-electron chi connectivity index (χ1n) is 6.99. The monoisotopic (exact) mass is 439 g/mol. The van der Waals surface area contributed by atoms with E-state index in [0.717, 1.165) is 14.7 Å². The summed E-state index contributed by atoms with van der Waals surface area (Å²) in [4.78, 5) is 4.53. The number of hydrogen-bond acceptors (Lipinski definition) is 1. The van der Waals surface area contributed by atoms with Gasteiger partial charge >= 0.3 is 6.97 Å². The van der Waals surface area contributed by atoms with Gasteiger partial charge in [0.1, 0.15) is 0 Å². The lowest BCUT2D eigenvalue weighted by molar-refractivity contribution is -0.358. The molecule has 4 heterocycles. The molecule has 0 saturated heterocycles. The number of rotatable bonds is 1. The van der Waals surface area contributed by atoms with Gasteiger partial charge in [0.15, 0.2) is 5.70 Å². The van der Waals surface area contributed by atoms with Crippen molar-refractivity contribution in [2.45, 2.75) is 6.92 Å². The van der Waals surface area contributed by atoms with Crippen LogP contribution < -0.4 is 0 Å². The molecule has 23 heavy (non-hydrogen) atoms. The first kappa shape index (κ1) is 15.0. The van der Waals surface area contributed by atoms with E-state index < -0.39 is 6.97 Å². The largest absolute Gasteiger partial charge is 0.738 e. The summed E-state index contributed by atoms with van der Waals surface area (Å²) in [6.07, 6.45) is 3.34. The van der Waals surface area contributed by atoms with Gasteiger partial charge in [0, 0.05) is 39.5 Å². The third kappa shape index (κ3) is 2.04. The van der Waals surface area contributed by atoms with Gasteiger partial charge in [-0.2, -0.15) is 0 Å². The van der Waals surface area contributed by atoms with Crippen LogP contribution in [0.25, 0.3) is 5.57 Å². The molecule has 0 amide bonds. The van der Waals surface area contributed by atoms with Gasteiger partial charge < -0.3 is 17.6 Å². The van der Waals surface area contributed by atoms with E-state index in [1.165, 1.54) is 0 Å². The number of aryl methyl sites for hydroxylation is 1. The molecule has 0 atom stereocenters. The minimum absolute atomic E-state index is 0.342. The van der Waals surface area contributed by atoms with Gasteiger partial charge in [-0.15, -0.1) is 0 Å². The summed E-state index contributed by atoms with van der Waals surface area (Å²) < 4.78 is 32.8. The topological polar surface area (TPSA) is 20.8 Å². The highest BCUT2D eigenvalue weighted by Gasteiger charge is 2.54. The van der Waals surface area contributed by atoms with Gasteiger partial charge in [0.2, 0.25) is 4.62 Å². The van der Waals surface area contributed by atoms with Gasteiger partial charge in [-0.1, -0.05) is 6.07 Å². The molecular formula is C15H10BBr2F2N3. The molecule has 0 aromatic carbocycles. The summed E-state index contributed by atoms with van der Waals surface area (Å²) in [7, 11) is 0. The van der Waals surface area contributed by atoms with Crippen molar-refractivity contribution in [2.24, 2.45) is 0 Å². The lowest BCUT2D eigenvalue weighted by Gasteiger charge is -2.31.